The summed E-state index contributed by atoms with van der Waals surface area (Å²) in [6, 6.07) is 5.48. The molecular weight excluding hydrogens is 205 g/mol. The number of methoxy groups -OCH3 is 1. The molecule has 88 valence electrons. The van der Waals surface area contributed by atoms with Crippen molar-refractivity contribution in [3.8, 4) is 0 Å². The monoisotopic (exact) mass is 223 g/mol. The molecule has 3 heteroatoms. The molecule has 1 unspecified atom stereocenters. The topological polar surface area (TPSA) is 35.2 Å². The molecule has 1 fully saturated rings. The van der Waals surface area contributed by atoms with E-state index in [-0.39, 0.29) is 17.3 Å². The minimum atomic E-state index is -0.189. The van der Waals surface area contributed by atoms with Gasteiger partial charge in [0.05, 0.1) is 6.61 Å². The molecule has 1 saturated carbocycles. The van der Waals surface area contributed by atoms with Gasteiger partial charge in [-0.05, 0) is 31.4 Å². The van der Waals surface area contributed by atoms with Crippen LogP contribution in [0.2, 0.25) is 0 Å². The van der Waals surface area contributed by atoms with Crippen LogP contribution >= 0.6 is 0 Å². The van der Waals surface area contributed by atoms with E-state index in [0.29, 0.717) is 12.2 Å². The van der Waals surface area contributed by atoms with Gasteiger partial charge in [-0.15, -0.1) is 0 Å². The van der Waals surface area contributed by atoms with E-state index in [4.69, 9.17) is 10.5 Å². The van der Waals surface area contributed by atoms with Crippen molar-refractivity contribution in [2.75, 3.05) is 7.11 Å². The highest BCUT2D eigenvalue weighted by Crippen LogP contribution is 2.50. The molecule has 0 radical (unpaired) electrons. The molecule has 0 aliphatic heterocycles. The first-order chi connectivity index (χ1) is 7.60. The minimum Gasteiger partial charge on any atom is -0.380 e. The number of benzene rings is 1. The van der Waals surface area contributed by atoms with Crippen molar-refractivity contribution in [1.29, 1.82) is 0 Å². The Bertz CT molecular complexity index is 386. The zero-order valence-corrected chi connectivity index (χ0v) is 9.79. The molecule has 2 N–H and O–H groups in total. The van der Waals surface area contributed by atoms with Gasteiger partial charge in [0.2, 0.25) is 0 Å². The average Bonchev–Trinajstić information content (AvgIpc) is 3.02. The number of hydrogen-bond donors (Lipinski definition) is 1. The molecule has 1 atom stereocenters. The fraction of sp³-hybridized carbons (Fsp3) is 0.538. The van der Waals surface area contributed by atoms with Crippen LogP contribution in [0.1, 0.15) is 30.9 Å². The van der Waals surface area contributed by atoms with Crippen molar-refractivity contribution in [2.45, 2.75) is 37.8 Å². The Hall–Kier alpha value is -0.930. The van der Waals surface area contributed by atoms with Gasteiger partial charge in [0.15, 0.2) is 0 Å². The van der Waals surface area contributed by atoms with Gasteiger partial charge in [-0.3, -0.25) is 0 Å². The maximum absolute atomic E-state index is 13.7. The lowest BCUT2D eigenvalue weighted by Gasteiger charge is -2.20. The van der Waals surface area contributed by atoms with E-state index in [2.05, 4.69) is 0 Å². The van der Waals surface area contributed by atoms with Crippen LogP contribution in [-0.4, -0.2) is 13.2 Å². The molecule has 0 bridgehead atoms. The van der Waals surface area contributed by atoms with Crippen LogP contribution in [0, 0.1) is 5.82 Å². The molecule has 0 saturated heterocycles. The molecule has 1 aromatic rings. The fourth-order valence-electron chi connectivity index (χ4n) is 2.27. The predicted octanol–water partition coefficient (Wildman–Crippen LogP) is 2.35. The van der Waals surface area contributed by atoms with E-state index in [1.807, 2.05) is 13.0 Å². The summed E-state index contributed by atoms with van der Waals surface area (Å²) in [5, 5.41) is 0. The summed E-state index contributed by atoms with van der Waals surface area (Å²) < 4.78 is 18.7. The van der Waals surface area contributed by atoms with E-state index in [1.54, 1.807) is 19.2 Å². The zero-order valence-electron chi connectivity index (χ0n) is 9.79. The second kappa shape index (κ2) is 4.15. The van der Waals surface area contributed by atoms with Crippen molar-refractivity contribution in [1.82, 2.24) is 0 Å². The number of nitrogens with two attached hydrogens (primary N) is 1. The molecule has 2 nitrogen and oxygen atoms in total. The number of hydrogen-bond acceptors (Lipinski definition) is 2. The van der Waals surface area contributed by atoms with Crippen molar-refractivity contribution >= 4 is 0 Å². The van der Waals surface area contributed by atoms with Crippen LogP contribution in [0.4, 0.5) is 4.39 Å². The first-order valence-electron chi connectivity index (χ1n) is 5.63. The highest BCUT2D eigenvalue weighted by atomic mass is 19.1. The van der Waals surface area contributed by atoms with Crippen LogP contribution < -0.4 is 5.73 Å². The van der Waals surface area contributed by atoms with Crippen LogP contribution in [0.3, 0.4) is 0 Å². The van der Waals surface area contributed by atoms with Gasteiger partial charge < -0.3 is 10.5 Å². The van der Waals surface area contributed by atoms with Crippen molar-refractivity contribution in [2.24, 2.45) is 5.73 Å². The summed E-state index contributed by atoms with van der Waals surface area (Å²) in [4.78, 5) is 0. The summed E-state index contributed by atoms with van der Waals surface area (Å²) >= 11 is 0. The zero-order chi connectivity index (χ0) is 11.8. The molecule has 1 aliphatic rings. The smallest absolute Gasteiger partial charge is 0.129 e. The molecule has 0 aromatic heterocycles. The molecule has 0 heterocycles. The standard InChI is InChI=1S/C13H18FNO/c1-9(15)13(5-6-13)11-4-3-10(8-16-2)12(14)7-11/h3-4,7,9H,5-6,8,15H2,1-2H3. The van der Waals surface area contributed by atoms with E-state index < -0.39 is 0 Å². The molecule has 0 spiro atoms. The lowest BCUT2D eigenvalue weighted by Crippen LogP contribution is -2.31. The second-order valence-corrected chi connectivity index (χ2v) is 4.68. The molecular formula is C13H18FNO. The summed E-state index contributed by atoms with van der Waals surface area (Å²) in [7, 11) is 1.57. The lowest BCUT2D eigenvalue weighted by molar-refractivity contribution is 0.181. The average molecular weight is 223 g/mol. The Kier molecular flexibility index (Phi) is 3.00. The quantitative estimate of drug-likeness (QED) is 0.850. The Morgan fingerprint density at radius 1 is 1.50 bits per heavy atom. The van der Waals surface area contributed by atoms with Crippen LogP contribution in [-0.2, 0) is 16.8 Å². The first-order valence-corrected chi connectivity index (χ1v) is 5.63. The third-order valence-electron chi connectivity index (χ3n) is 3.59. The van der Waals surface area contributed by atoms with Gasteiger partial charge in [-0.1, -0.05) is 12.1 Å². The van der Waals surface area contributed by atoms with Gasteiger partial charge in [0.25, 0.3) is 0 Å². The number of halogens is 1. The van der Waals surface area contributed by atoms with Gasteiger partial charge >= 0.3 is 0 Å². The SMILES string of the molecule is COCc1ccc(C2(C(C)N)CC2)cc1F. The molecule has 1 aromatic carbocycles. The van der Waals surface area contributed by atoms with Crippen LogP contribution in [0.15, 0.2) is 18.2 Å². The third kappa shape index (κ3) is 1.85. The molecule has 2 rings (SSSR count). The largest absolute Gasteiger partial charge is 0.380 e. The summed E-state index contributed by atoms with van der Waals surface area (Å²) in [5.74, 6) is -0.189. The molecule has 0 amide bonds. The van der Waals surface area contributed by atoms with Gasteiger partial charge in [0, 0.05) is 24.1 Å². The molecule has 16 heavy (non-hydrogen) atoms. The summed E-state index contributed by atoms with van der Waals surface area (Å²) in [6.07, 6.45) is 2.13. The summed E-state index contributed by atoms with van der Waals surface area (Å²) in [5.41, 5.74) is 7.62. The normalized spacial score (nSPS) is 19.5. The van der Waals surface area contributed by atoms with Crippen LogP contribution in [0.5, 0.6) is 0 Å². The molecule has 1 aliphatic carbocycles. The van der Waals surface area contributed by atoms with Crippen LogP contribution in [0.25, 0.3) is 0 Å². The highest BCUT2D eigenvalue weighted by Gasteiger charge is 2.47. The minimum absolute atomic E-state index is 0.0203. The van der Waals surface area contributed by atoms with Gasteiger partial charge in [0.1, 0.15) is 5.82 Å². The van der Waals surface area contributed by atoms with Crippen molar-refractivity contribution in [3.05, 3.63) is 35.1 Å². The Morgan fingerprint density at radius 2 is 2.19 bits per heavy atom. The maximum atomic E-state index is 13.7. The number of ether oxygens (including phenoxy) is 1. The van der Waals surface area contributed by atoms with Crippen molar-refractivity contribution in [3.63, 3.8) is 0 Å². The fourth-order valence-corrected chi connectivity index (χ4v) is 2.27. The van der Waals surface area contributed by atoms with E-state index in [1.165, 1.54) is 0 Å². The third-order valence-corrected chi connectivity index (χ3v) is 3.59. The maximum Gasteiger partial charge on any atom is 0.129 e. The van der Waals surface area contributed by atoms with Gasteiger partial charge in [-0.2, -0.15) is 0 Å². The second-order valence-electron chi connectivity index (χ2n) is 4.68. The lowest BCUT2D eigenvalue weighted by atomic mass is 9.89. The Morgan fingerprint density at radius 3 is 2.62 bits per heavy atom. The highest BCUT2D eigenvalue weighted by molar-refractivity contribution is 5.36. The van der Waals surface area contributed by atoms with E-state index in [9.17, 15) is 4.39 Å². The number of rotatable bonds is 4. The van der Waals surface area contributed by atoms with E-state index >= 15 is 0 Å². The Balaban J connectivity index is 2.28. The predicted molar refractivity (Wildman–Crippen MR) is 61.7 cm³/mol. The Labute approximate surface area is 95.6 Å². The first kappa shape index (κ1) is 11.6. The summed E-state index contributed by atoms with van der Waals surface area (Å²) in [6.45, 7) is 2.31. The van der Waals surface area contributed by atoms with Crippen molar-refractivity contribution < 1.29 is 9.13 Å². The van der Waals surface area contributed by atoms with E-state index in [0.717, 1.165) is 18.4 Å². The van der Waals surface area contributed by atoms with Gasteiger partial charge in [-0.25, -0.2) is 4.39 Å².